The van der Waals surface area contributed by atoms with E-state index >= 15 is 0 Å². The zero-order chi connectivity index (χ0) is 44.6. The molecular weight excluding hydrogens is 977 g/mol. The Morgan fingerprint density at radius 1 is 0.508 bits per heavy atom. The Morgan fingerprint density at radius 3 is 1.26 bits per heavy atom. The summed E-state index contributed by atoms with van der Waals surface area (Å²) in [6.45, 7) is 10.3. The Labute approximate surface area is 396 Å². The van der Waals surface area contributed by atoms with Gasteiger partial charge in [-0.15, -0.1) is 0 Å². The third-order valence-electron chi connectivity index (χ3n) is 10.7. The minimum Gasteiger partial charge on any atom is -0.421 e. The van der Waals surface area contributed by atoms with Crippen LogP contribution in [0.25, 0.3) is 67.9 Å². The molecule has 4 aromatic heterocycles. The number of imidazole rings is 2. The second kappa shape index (κ2) is 20.9. The largest absolute Gasteiger partial charge is 0.421 e. The van der Waals surface area contributed by atoms with E-state index in [-0.39, 0.29) is 20.1 Å². The van der Waals surface area contributed by atoms with Crippen LogP contribution in [0.3, 0.4) is 0 Å². The molecule has 0 aliphatic carbocycles. The number of aromatic nitrogens is 8. The molecule has 0 aliphatic heterocycles. The average Bonchev–Trinajstić information content (AvgIpc) is 4.02. The second-order valence-corrected chi connectivity index (χ2v) is 15.7. The maximum Gasteiger partial charge on any atom is 0.242 e. The molecule has 0 fully saturated rings. The smallest absolute Gasteiger partial charge is 0.242 e. The van der Waals surface area contributed by atoms with E-state index in [1.807, 2.05) is 54.6 Å². The van der Waals surface area contributed by atoms with Crippen molar-refractivity contribution >= 4 is 0 Å². The van der Waals surface area contributed by atoms with Crippen molar-refractivity contribution in [2.75, 3.05) is 0 Å². The Bertz CT molecular complexity index is 2930. The SMILES string of the molecule is Cc1c[c-]c(-n2[c-][n+](C)c(-c3ccccc3)c2-c2ccccc2)c(C)c1.Cc1c[c-]c(-n2[c-][n+](C)c(-c3ccccc3)c2-c2ccccc2)c(C)c1.Cc1n[n-]c(-c2ccccn2)n1.[Ir]. The number of hydrogen-bond acceptors (Lipinski definition) is 3. The molecule has 10 rings (SSSR count). The summed E-state index contributed by atoms with van der Waals surface area (Å²) in [5.74, 6) is 1.27. The zero-order valence-corrected chi connectivity index (χ0v) is 40.0. The number of aryl methyl sites for hydroxylation is 7. The van der Waals surface area contributed by atoms with Gasteiger partial charge in [0, 0.05) is 32.1 Å². The van der Waals surface area contributed by atoms with Gasteiger partial charge in [-0.05, 0) is 47.1 Å². The van der Waals surface area contributed by atoms with Crippen molar-refractivity contribution in [3.05, 3.63) is 223 Å². The molecule has 0 spiro atoms. The Kier molecular flexibility index (Phi) is 14.7. The van der Waals surface area contributed by atoms with Crippen LogP contribution >= 0.6 is 0 Å². The van der Waals surface area contributed by atoms with Crippen molar-refractivity contribution in [3.63, 3.8) is 0 Å². The molecule has 6 aromatic carbocycles. The first-order valence-electron chi connectivity index (χ1n) is 21.2. The van der Waals surface area contributed by atoms with E-state index in [2.05, 4.69) is 214 Å². The molecule has 0 atom stereocenters. The summed E-state index contributed by atoms with van der Waals surface area (Å²) >= 11 is 0. The molecule has 0 N–H and O–H groups in total. The summed E-state index contributed by atoms with van der Waals surface area (Å²) in [7, 11) is 4.10. The van der Waals surface area contributed by atoms with Gasteiger partial charge in [-0.25, -0.2) is 0 Å². The number of benzene rings is 6. The van der Waals surface area contributed by atoms with Crippen LogP contribution in [0, 0.1) is 59.4 Å². The Balaban J connectivity index is 0.000000154. The summed E-state index contributed by atoms with van der Waals surface area (Å²) in [5.41, 5.74) is 16.9. The zero-order valence-electron chi connectivity index (χ0n) is 37.6. The molecule has 1 radical (unpaired) electrons. The van der Waals surface area contributed by atoms with E-state index in [1.54, 1.807) is 13.1 Å². The van der Waals surface area contributed by atoms with Gasteiger partial charge in [-0.2, -0.15) is 58.7 Å². The minimum absolute atomic E-state index is 0. The van der Waals surface area contributed by atoms with Crippen molar-refractivity contribution in [1.29, 1.82) is 0 Å². The van der Waals surface area contributed by atoms with Gasteiger partial charge >= 0.3 is 0 Å². The van der Waals surface area contributed by atoms with Crippen molar-refractivity contribution in [1.82, 2.24) is 29.3 Å². The second-order valence-electron chi connectivity index (χ2n) is 15.7. The standard InChI is InChI=1S/2C24H21N2.C8H7N4.Ir/c2*1-18-14-15-22(19(2)16-18)26-17-25(3)23(20-10-6-4-7-11-20)24(26)21-12-8-5-9-13-21;1-6-10-8(12-11-6)7-4-2-3-5-9-7;/h2*4-14,16H,1-3H3;2-5H,1H3;/q3*-1;. The quantitative estimate of drug-likeness (QED) is 0.118. The fourth-order valence-electron chi connectivity index (χ4n) is 7.83. The third kappa shape index (κ3) is 10.4. The number of rotatable bonds is 7. The van der Waals surface area contributed by atoms with E-state index in [9.17, 15) is 0 Å². The maximum absolute atomic E-state index is 4.10. The van der Waals surface area contributed by atoms with Crippen LogP contribution in [-0.4, -0.2) is 24.2 Å². The molecule has 0 unspecified atom stereocenters. The molecular formula is C56H49IrN8-3. The van der Waals surface area contributed by atoms with Gasteiger partial charge in [-0.1, -0.05) is 166 Å². The van der Waals surface area contributed by atoms with Crippen LogP contribution in [0.1, 0.15) is 28.1 Å². The first-order valence-corrected chi connectivity index (χ1v) is 21.2. The van der Waals surface area contributed by atoms with Gasteiger partial charge in [0.15, 0.2) is 0 Å². The topological polar surface area (TPSA) is 70.4 Å². The fraction of sp³-hybridized carbons (Fsp3) is 0.125. The molecule has 10 aromatic rings. The molecule has 0 aliphatic rings. The van der Waals surface area contributed by atoms with Crippen LogP contribution in [-0.2, 0) is 34.2 Å². The van der Waals surface area contributed by atoms with Gasteiger partial charge in [0.05, 0.1) is 42.6 Å². The van der Waals surface area contributed by atoms with E-state index in [4.69, 9.17) is 0 Å². The van der Waals surface area contributed by atoms with Crippen molar-refractivity contribution < 1.29 is 29.2 Å². The average molecular weight is 1030 g/mol. The molecule has 325 valence electrons. The first-order chi connectivity index (χ1) is 31.2. The van der Waals surface area contributed by atoms with Crippen molar-refractivity contribution in [2.24, 2.45) is 14.1 Å². The molecule has 65 heavy (non-hydrogen) atoms. The summed E-state index contributed by atoms with van der Waals surface area (Å²) in [5, 5.41) is 7.65. The monoisotopic (exact) mass is 1030 g/mol. The van der Waals surface area contributed by atoms with E-state index in [0.29, 0.717) is 11.6 Å². The van der Waals surface area contributed by atoms with Gasteiger partial charge in [0.1, 0.15) is 0 Å². The molecule has 8 nitrogen and oxygen atoms in total. The van der Waals surface area contributed by atoms with Gasteiger partial charge in [-0.3, -0.25) is 10.1 Å². The van der Waals surface area contributed by atoms with Crippen LogP contribution in [0.2, 0.25) is 0 Å². The summed E-state index contributed by atoms with van der Waals surface area (Å²) in [6.07, 6.45) is 8.69. The minimum atomic E-state index is 0. The normalized spacial score (nSPS) is 10.6. The van der Waals surface area contributed by atoms with Crippen LogP contribution in [0.5, 0.6) is 0 Å². The summed E-state index contributed by atoms with van der Waals surface area (Å²) in [4.78, 5) is 8.19. The van der Waals surface area contributed by atoms with Gasteiger partial charge in [0.25, 0.3) is 0 Å². The maximum atomic E-state index is 4.10. The fourth-order valence-corrected chi connectivity index (χ4v) is 7.83. The first kappa shape index (κ1) is 45.7. The Morgan fingerprint density at radius 2 is 0.908 bits per heavy atom. The van der Waals surface area contributed by atoms with Gasteiger partial charge in [0.2, 0.25) is 12.7 Å². The molecule has 0 amide bonds. The van der Waals surface area contributed by atoms with Crippen LogP contribution in [0.4, 0.5) is 0 Å². The molecule has 4 heterocycles. The summed E-state index contributed by atoms with van der Waals surface area (Å²) < 4.78 is 8.41. The van der Waals surface area contributed by atoms with Crippen molar-refractivity contribution in [3.8, 4) is 67.9 Å². The van der Waals surface area contributed by atoms with Crippen LogP contribution < -0.4 is 14.2 Å². The van der Waals surface area contributed by atoms with Crippen LogP contribution in [0.15, 0.2) is 170 Å². The summed E-state index contributed by atoms with van der Waals surface area (Å²) in [6, 6.07) is 62.9. The molecule has 9 heteroatoms. The number of nitrogens with zero attached hydrogens (tertiary/aromatic N) is 8. The predicted octanol–water partition coefficient (Wildman–Crippen LogP) is 10.5. The van der Waals surface area contributed by atoms with E-state index in [1.165, 1.54) is 33.4 Å². The van der Waals surface area contributed by atoms with E-state index in [0.717, 1.165) is 51.0 Å². The predicted molar refractivity (Wildman–Crippen MR) is 253 cm³/mol. The third-order valence-corrected chi connectivity index (χ3v) is 10.7. The van der Waals surface area contributed by atoms with E-state index < -0.39 is 0 Å². The molecule has 0 saturated heterocycles. The number of hydrogen-bond donors (Lipinski definition) is 0. The number of pyridine rings is 1. The van der Waals surface area contributed by atoms with Crippen molar-refractivity contribution in [2.45, 2.75) is 34.6 Å². The molecule has 0 bridgehead atoms. The Hall–Kier alpha value is -7.32. The van der Waals surface area contributed by atoms with Gasteiger partial charge < -0.3 is 28.4 Å². The molecule has 0 saturated carbocycles.